The Kier molecular flexibility index (Phi) is 5.17. The molecule has 0 fully saturated rings. The number of H-pyrrole nitrogens is 1. The third kappa shape index (κ3) is 3.77. The normalized spacial score (nSPS) is 11.2. The minimum absolute atomic E-state index is 0.336. The molecule has 2 heterocycles. The molecular formula is C18H16N2O2S2. The second-order valence-corrected chi connectivity index (χ2v) is 7.17. The number of benzene rings is 1. The highest BCUT2D eigenvalue weighted by Crippen LogP contribution is 2.27. The second-order valence-electron chi connectivity index (χ2n) is 5.13. The summed E-state index contributed by atoms with van der Waals surface area (Å²) in [6.45, 7) is 2.15. The number of aromatic amines is 1. The van der Waals surface area contributed by atoms with Gasteiger partial charge in [-0.15, -0.1) is 11.3 Å². The van der Waals surface area contributed by atoms with Crippen molar-refractivity contribution in [3.05, 3.63) is 85.2 Å². The molecule has 0 aliphatic heterocycles. The first-order chi connectivity index (χ1) is 11.6. The first-order valence-corrected chi connectivity index (χ1v) is 9.11. The van der Waals surface area contributed by atoms with E-state index in [1.165, 1.54) is 11.8 Å². The highest BCUT2D eigenvalue weighted by Gasteiger charge is 2.12. The second kappa shape index (κ2) is 7.51. The highest BCUT2D eigenvalue weighted by atomic mass is 32.2. The molecule has 6 heteroatoms. The van der Waals surface area contributed by atoms with Crippen LogP contribution in [0.1, 0.15) is 10.4 Å². The summed E-state index contributed by atoms with van der Waals surface area (Å²) in [7, 11) is 0. The topological polar surface area (TPSA) is 54.9 Å². The fourth-order valence-corrected chi connectivity index (χ4v) is 3.88. The summed E-state index contributed by atoms with van der Waals surface area (Å²) >= 11 is 3.07. The molecule has 0 spiro atoms. The predicted octanol–water partition coefficient (Wildman–Crippen LogP) is 3.77. The third-order valence-electron chi connectivity index (χ3n) is 3.44. The van der Waals surface area contributed by atoms with Crippen LogP contribution in [0.5, 0.6) is 0 Å². The van der Waals surface area contributed by atoms with Gasteiger partial charge < -0.3 is 0 Å². The van der Waals surface area contributed by atoms with Crippen molar-refractivity contribution in [1.82, 2.24) is 9.55 Å². The van der Waals surface area contributed by atoms with Crippen LogP contribution in [-0.2, 0) is 6.54 Å². The smallest absolute Gasteiger partial charge is 0.284 e. The summed E-state index contributed by atoms with van der Waals surface area (Å²) < 4.78 is 1.60. The number of rotatable bonds is 5. The molecule has 3 aromatic rings. The molecule has 0 saturated carbocycles. The van der Waals surface area contributed by atoms with Crippen LogP contribution in [0.4, 0.5) is 0 Å². The molecule has 122 valence electrons. The van der Waals surface area contributed by atoms with Crippen LogP contribution in [-0.4, -0.2) is 9.55 Å². The summed E-state index contributed by atoms with van der Waals surface area (Å²) in [5, 5.41) is 2.68. The van der Waals surface area contributed by atoms with Crippen molar-refractivity contribution < 1.29 is 0 Å². The van der Waals surface area contributed by atoms with Gasteiger partial charge in [-0.3, -0.25) is 14.3 Å². The number of aromatic nitrogens is 2. The number of thiophene rings is 1. The Morgan fingerprint density at radius 2 is 1.96 bits per heavy atom. The number of hydrogen-bond acceptors (Lipinski definition) is 4. The Labute approximate surface area is 147 Å². The molecule has 1 N–H and O–H groups in total. The molecule has 3 rings (SSSR count). The zero-order chi connectivity index (χ0) is 16.9. The summed E-state index contributed by atoms with van der Waals surface area (Å²) in [4.78, 5) is 28.7. The quantitative estimate of drug-likeness (QED) is 0.708. The van der Waals surface area contributed by atoms with Crippen molar-refractivity contribution in [2.75, 3.05) is 0 Å². The molecule has 0 saturated heterocycles. The lowest BCUT2D eigenvalue weighted by Gasteiger charge is -2.12. The molecule has 4 nitrogen and oxygen atoms in total. The fraction of sp³-hybridized carbons (Fsp3) is 0.111. The van der Waals surface area contributed by atoms with E-state index in [0.29, 0.717) is 17.1 Å². The molecule has 0 bridgehead atoms. The van der Waals surface area contributed by atoms with Gasteiger partial charge in [0.15, 0.2) is 0 Å². The van der Waals surface area contributed by atoms with E-state index in [1.807, 2.05) is 60.0 Å². The summed E-state index contributed by atoms with van der Waals surface area (Å²) in [5.41, 5.74) is -0.176. The van der Waals surface area contributed by atoms with Crippen molar-refractivity contribution in [2.24, 2.45) is 0 Å². The number of nitrogens with zero attached hydrogens (tertiary/aromatic N) is 1. The van der Waals surface area contributed by atoms with Gasteiger partial charge in [-0.05, 0) is 36.6 Å². The average molecular weight is 356 g/mol. The Balaban J connectivity index is 1.96. The maximum absolute atomic E-state index is 12.3. The van der Waals surface area contributed by atoms with E-state index >= 15 is 0 Å². The van der Waals surface area contributed by atoms with E-state index in [9.17, 15) is 9.59 Å². The van der Waals surface area contributed by atoms with E-state index in [-0.39, 0.29) is 11.2 Å². The standard InChI is InChI=1S/C18H16N2O2S2/c1-13-16(21)19-18(22)20(11-5-9-14-10-6-12-23-14)17(13)24-15-7-3-2-4-8-15/h2-10,12H,11H2,1H3,(H,19,21,22)/b9-5+. The van der Waals surface area contributed by atoms with Gasteiger partial charge in [0, 0.05) is 21.9 Å². The lowest BCUT2D eigenvalue weighted by molar-refractivity contribution is 0.654. The largest absolute Gasteiger partial charge is 0.329 e. The van der Waals surface area contributed by atoms with Crippen LogP contribution in [0, 0.1) is 6.92 Å². The van der Waals surface area contributed by atoms with E-state index in [2.05, 4.69) is 4.98 Å². The van der Waals surface area contributed by atoms with Gasteiger partial charge in [-0.2, -0.15) is 0 Å². The maximum Gasteiger partial charge on any atom is 0.329 e. The Hall–Kier alpha value is -2.31. The van der Waals surface area contributed by atoms with Gasteiger partial charge >= 0.3 is 5.69 Å². The monoisotopic (exact) mass is 356 g/mol. The van der Waals surface area contributed by atoms with Gasteiger partial charge in [-0.1, -0.05) is 42.1 Å². The maximum atomic E-state index is 12.3. The SMILES string of the molecule is Cc1c(Sc2ccccc2)n(C/C=C/c2cccs2)c(=O)[nH]c1=O. The molecule has 1 aromatic carbocycles. The Bertz CT molecular complexity index is 955. The third-order valence-corrected chi connectivity index (χ3v) is 5.51. The average Bonchev–Trinajstić information content (AvgIpc) is 3.09. The van der Waals surface area contributed by atoms with Crippen molar-refractivity contribution in [1.29, 1.82) is 0 Å². The van der Waals surface area contributed by atoms with Crippen LogP contribution >= 0.6 is 23.1 Å². The molecule has 0 amide bonds. The number of nitrogens with one attached hydrogen (secondary N) is 1. The molecule has 0 unspecified atom stereocenters. The van der Waals surface area contributed by atoms with Crippen LogP contribution in [0.3, 0.4) is 0 Å². The van der Waals surface area contributed by atoms with Crippen LogP contribution in [0.15, 0.2) is 73.4 Å². The van der Waals surface area contributed by atoms with Gasteiger partial charge in [0.05, 0.1) is 5.03 Å². The molecule has 0 radical (unpaired) electrons. The molecular weight excluding hydrogens is 340 g/mol. The summed E-state index contributed by atoms with van der Waals surface area (Å²) in [6, 6.07) is 13.7. The summed E-state index contributed by atoms with van der Waals surface area (Å²) in [6.07, 6.45) is 3.91. The minimum Gasteiger partial charge on any atom is -0.284 e. The number of allylic oxidation sites excluding steroid dienone is 1. The van der Waals surface area contributed by atoms with Gasteiger partial charge in [0.25, 0.3) is 5.56 Å². The van der Waals surface area contributed by atoms with Gasteiger partial charge in [-0.25, -0.2) is 4.79 Å². The number of hydrogen-bond donors (Lipinski definition) is 1. The molecule has 0 atom stereocenters. The van der Waals surface area contributed by atoms with Crippen molar-refractivity contribution in [3.63, 3.8) is 0 Å². The van der Waals surface area contributed by atoms with Crippen molar-refractivity contribution in [2.45, 2.75) is 23.4 Å². The first kappa shape index (κ1) is 16.5. The zero-order valence-electron chi connectivity index (χ0n) is 13.1. The van der Waals surface area contributed by atoms with Crippen molar-refractivity contribution >= 4 is 29.2 Å². The van der Waals surface area contributed by atoms with Crippen LogP contribution in [0.2, 0.25) is 0 Å². The molecule has 2 aromatic heterocycles. The van der Waals surface area contributed by atoms with E-state index < -0.39 is 0 Å². The lowest BCUT2D eigenvalue weighted by atomic mass is 10.3. The predicted molar refractivity (Wildman–Crippen MR) is 100.0 cm³/mol. The van der Waals surface area contributed by atoms with E-state index in [4.69, 9.17) is 0 Å². The van der Waals surface area contributed by atoms with Gasteiger partial charge in [0.1, 0.15) is 0 Å². The summed E-state index contributed by atoms with van der Waals surface area (Å²) in [5.74, 6) is 0. The lowest BCUT2D eigenvalue weighted by Crippen LogP contribution is -2.32. The Morgan fingerprint density at radius 1 is 1.17 bits per heavy atom. The zero-order valence-corrected chi connectivity index (χ0v) is 14.7. The Morgan fingerprint density at radius 3 is 2.67 bits per heavy atom. The van der Waals surface area contributed by atoms with E-state index in [0.717, 1.165) is 9.77 Å². The fourth-order valence-electron chi connectivity index (χ4n) is 2.21. The molecule has 0 aliphatic rings. The molecule has 0 aliphatic carbocycles. The molecule has 24 heavy (non-hydrogen) atoms. The van der Waals surface area contributed by atoms with Crippen LogP contribution in [0.25, 0.3) is 6.08 Å². The highest BCUT2D eigenvalue weighted by molar-refractivity contribution is 7.99. The van der Waals surface area contributed by atoms with Crippen LogP contribution < -0.4 is 11.2 Å². The first-order valence-electron chi connectivity index (χ1n) is 7.42. The van der Waals surface area contributed by atoms with Gasteiger partial charge in [0.2, 0.25) is 0 Å². The van der Waals surface area contributed by atoms with E-state index in [1.54, 1.807) is 22.8 Å². The minimum atomic E-state index is -0.389. The van der Waals surface area contributed by atoms with Crippen molar-refractivity contribution in [3.8, 4) is 0 Å².